The van der Waals surface area contributed by atoms with Crippen molar-refractivity contribution in [3.8, 4) is 0 Å². The van der Waals surface area contributed by atoms with Crippen molar-refractivity contribution < 1.29 is 18.3 Å². The number of nitrogens with one attached hydrogen (secondary N) is 1. The molecule has 140 valence electrons. The summed E-state index contributed by atoms with van der Waals surface area (Å²) in [4.78, 5) is 13.6. The van der Waals surface area contributed by atoms with Crippen molar-refractivity contribution in [1.29, 1.82) is 0 Å². The molecule has 1 aliphatic rings. The van der Waals surface area contributed by atoms with Gasteiger partial charge in [-0.15, -0.1) is 11.3 Å². The molecule has 1 fully saturated rings. The van der Waals surface area contributed by atoms with Crippen LogP contribution in [0.1, 0.15) is 40.1 Å². The molecule has 0 unspecified atom stereocenters. The van der Waals surface area contributed by atoms with Gasteiger partial charge in [0.2, 0.25) is 0 Å². The molecule has 1 amide bonds. The Hall–Kier alpha value is -2.31. The predicted molar refractivity (Wildman–Crippen MR) is 102 cm³/mol. The normalized spacial score (nSPS) is 15.5. The van der Waals surface area contributed by atoms with Crippen LogP contribution in [-0.2, 0) is 16.9 Å². The predicted octanol–water partition coefficient (Wildman–Crippen LogP) is 5.14. The molecule has 0 atom stereocenters. The van der Waals surface area contributed by atoms with Crippen LogP contribution in [0.3, 0.4) is 0 Å². The third-order valence-corrected chi connectivity index (χ3v) is 6.41. The number of hydrogen-bond donors (Lipinski definition) is 1. The van der Waals surface area contributed by atoms with Gasteiger partial charge in [0.05, 0.1) is 17.0 Å². The van der Waals surface area contributed by atoms with E-state index in [0.29, 0.717) is 15.8 Å². The lowest BCUT2D eigenvalue weighted by Gasteiger charge is -2.43. The highest BCUT2D eigenvalue weighted by molar-refractivity contribution is 7.21. The van der Waals surface area contributed by atoms with Crippen LogP contribution >= 0.6 is 11.3 Å². The van der Waals surface area contributed by atoms with E-state index in [1.165, 1.54) is 36.6 Å². The summed E-state index contributed by atoms with van der Waals surface area (Å²) in [5, 5.41) is 3.58. The zero-order valence-electron chi connectivity index (χ0n) is 14.9. The van der Waals surface area contributed by atoms with Crippen LogP contribution in [0.4, 0.5) is 8.78 Å². The zero-order chi connectivity index (χ0) is 19.0. The second-order valence-electron chi connectivity index (χ2n) is 6.85. The van der Waals surface area contributed by atoms with E-state index in [1.807, 2.05) is 0 Å². The maximum atomic E-state index is 14.3. The van der Waals surface area contributed by atoms with Gasteiger partial charge in [-0.3, -0.25) is 4.79 Å². The number of methoxy groups -OCH3 is 1. The standard InChI is InChI=1S/C21H19F2NO2S/c1-26-12-15-18-16(23)4-2-5-17(18)27-19(15)20(25)24-21(10-3-11-21)13-6-8-14(22)9-7-13/h2,4-9H,3,10-12H2,1H3,(H,24,25). The van der Waals surface area contributed by atoms with E-state index >= 15 is 0 Å². The number of hydrogen-bond acceptors (Lipinski definition) is 3. The van der Waals surface area contributed by atoms with Crippen LogP contribution in [0.25, 0.3) is 10.1 Å². The van der Waals surface area contributed by atoms with Gasteiger partial charge in [0.1, 0.15) is 11.6 Å². The molecular weight excluding hydrogens is 368 g/mol. The van der Waals surface area contributed by atoms with Crippen molar-refractivity contribution in [2.45, 2.75) is 31.4 Å². The minimum absolute atomic E-state index is 0.160. The molecule has 2 aromatic carbocycles. The molecule has 3 aromatic rings. The highest BCUT2D eigenvalue weighted by Crippen LogP contribution is 2.42. The Balaban J connectivity index is 1.71. The highest BCUT2D eigenvalue weighted by atomic mass is 32.1. The van der Waals surface area contributed by atoms with Crippen LogP contribution < -0.4 is 5.32 Å². The molecule has 3 nitrogen and oxygen atoms in total. The van der Waals surface area contributed by atoms with E-state index in [-0.39, 0.29) is 24.1 Å². The molecule has 1 aromatic heterocycles. The lowest BCUT2D eigenvalue weighted by molar-refractivity contribution is 0.0823. The number of ether oxygens (including phenoxy) is 1. The fourth-order valence-electron chi connectivity index (χ4n) is 3.69. The summed E-state index contributed by atoms with van der Waals surface area (Å²) >= 11 is 1.27. The Kier molecular flexibility index (Phi) is 4.70. The van der Waals surface area contributed by atoms with Crippen molar-refractivity contribution in [3.63, 3.8) is 0 Å². The first-order chi connectivity index (χ1) is 13.0. The van der Waals surface area contributed by atoms with Crippen molar-refractivity contribution in [3.05, 3.63) is 70.1 Å². The first-order valence-corrected chi connectivity index (χ1v) is 9.63. The molecule has 0 aliphatic heterocycles. The minimum Gasteiger partial charge on any atom is -0.380 e. The van der Waals surface area contributed by atoms with Crippen LogP contribution in [0.15, 0.2) is 42.5 Å². The number of carbonyl (C=O) groups excluding carboxylic acids is 1. The van der Waals surface area contributed by atoms with Gasteiger partial charge in [0.25, 0.3) is 5.91 Å². The average Bonchev–Trinajstić information content (AvgIpc) is 2.99. The van der Waals surface area contributed by atoms with E-state index in [1.54, 1.807) is 24.3 Å². The number of carbonyl (C=O) groups is 1. The molecule has 1 saturated carbocycles. The number of thiophene rings is 1. The SMILES string of the molecule is COCc1c(C(=O)NC2(c3ccc(F)cc3)CCC2)sc2cccc(F)c12. The molecule has 0 bridgehead atoms. The van der Waals surface area contributed by atoms with E-state index < -0.39 is 5.54 Å². The second kappa shape index (κ2) is 7.02. The lowest BCUT2D eigenvalue weighted by atomic mass is 9.71. The number of halogens is 2. The number of fused-ring (bicyclic) bond motifs is 1. The molecule has 1 N–H and O–H groups in total. The zero-order valence-corrected chi connectivity index (χ0v) is 15.7. The summed E-state index contributed by atoms with van der Waals surface area (Å²) in [5.41, 5.74) is 0.967. The van der Waals surface area contributed by atoms with Gasteiger partial charge >= 0.3 is 0 Å². The Morgan fingerprint density at radius 2 is 1.93 bits per heavy atom. The summed E-state index contributed by atoms with van der Waals surface area (Å²) in [6, 6.07) is 11.1. The lowest BCUT2D eigenvalue weighted by Crippen LogP contribution is -2.50. The number of benzene rings is 2. The fraction of sp³-hybridized carbons (Fsp3) is 0.286. The Morgan fingerprint density at radius 1 is 1.19 bits per heavy atom. The van der Waals surface area contributed by atoms with Crippen LogP contribution in [0.5, 0.6) is 0 Å². The molecule has 6 heteroatoms. The maximum Gasteiger partial charge on any atom is 0.262 e. The smallest absolute Gasteiger partial charge is 0.262 e. The molecular formula is C21H19F2NO2S. The summed E-state index contributed by atoms with van der Waals surface area (Å²) in [5.74, 6) is -0.902. The van der Waals surface area contributed by atoms with Gasteiger partial charge in [-0.25, -0.2) is 8.78 Å². The minimum atomic E-state index is -0.496. The average molecular weight is 387 g/mol. The van der Waals surface area contributed by atoms with Crippen LogP contribution in [0, 0.1) is 11.6 Å². The highest BCUT2D eigenvalue weighted by Gasteiger charge is 2.40. The first kappa shape index (κ1) is 18.1. The van der Waals surface area contributed by atoms with Gasteiger partial charge in [-0.2, -0.15) is 0 Å². The quantitative estimate of drug-likeness (QED) is 0.659. The molecule has 4 rings (SSSR count). The van der Waals surface area contributed by atoms with Gasteiger partial charge in [0.15, 0.2) is 0 Å². The summed E-state index contributed by atoms with van der Waals surface area (Å²) < 4.78 is 33.6. The molecule has 0 saturated heterocycles. The van der Waals surface area contributed by atoms with Crippen molar-refractivity contribution in [1.82, 2.24) is 5.32 Å². The molecule has 1 aliphatic carbocycles. The van der Waals surface area contributed by atoms with Crippen molar-refractivity contribution in [2.75, 3.05) is 7.11 Å². The monoisotopic (exact) mass is 387 g/mol. The molecule has 1 heterocycles. The van der Waals surface area contributed by atoms with E-state index in [9.17, 15) is 13.6 Å². The van der Waals surface area contributed by atoms with E-state index in [4.69, 9.17) is 4.74 Å². The topological polar surface area (TPSA) is 38.3 Å². The summed E-state index contributed by atoms with van der Waals surface area (Å²) in [6.07, 6.45) is 2.58. The van der Waals surface area contributed by atoms with E-state index in [0.717, 1.165) is 29.5 Å². The summed E-state index contributed by atoms with van der Waals surface area (Å²) in [7, 11) is 1.53. The van der Waals surface area contributed by atoms with Gasteiger partial charge < -0.3 is 10.1 Å². The van der Waals surface area contributed by atoms with Gasteiger partial charge in [-0.1, -0.05) is 18.2 Å². The largest absolute Gasteiger partial charge is 0.380 e. The van der Waals surface area contributed by atoms with Crippen LogP contribution in [0.2, 0.25) is 0 Å². The molecule has 0 radical (unpaired) electrons. The Labute approximate surface area is 160 Å². The van der Waals surface area contributed by atoms with E-state index in [2.05, 4.69) is 5.32 Å². The third kappa shape index (κ3) is 3.13. The van der Waals surface area contributed by atoms with Gasteiger partial charge in [-0.05, 0) is 49.1 Å². The Bertz CT molecular complexity index is 993. The number of amides is 1. The maximum absolute atomic E-state index is 14.3. The molecule has 0 spiro atoms. The third-order valence-electron chi connectivity index (χ3n) is 5.21. The van der Waals surface area contributed by atoms with Crippen molar-refractivity contribution >= 4 is 27.3 Å². The van der Waals surface area contributed by atoms with Crippen molar-refractivity contribution in [2.24, 2.45) is 0 Å². The fourth-order valence-corrected chi connectivity index (χ4v) is 4.81. The Morgan fingerprint density at radius 3 is 2.56 bits per heavy atom. The second-order valence-corrected chi connectivity index (χ2v) is 7.90. The molecule has 27 heavy (non-hydrogen) atoms. The first-order valence-electron chi connectivity index (χ1n) is 8.81. The number of rotatable bonds is 5. The van der Waals surface area contributed by atoms with Crippen LogP contribution in [-0.4, -0.2) is 13.0 Å². The summed E-state index contributed by atoms with van der Waals surface area (Å²) in [6.45, 7) is 0.160. The van der Waals surface area contributed by atoms with Gasteiger partial charge in [0, 0.05) is 22.8 Å².